The van der Waals surface area contributed by atoms with Gasteiger partial charge >= 0.3 is 0 Å². The van der Waals surface area contributed by atoms with Gasteiger partial charge in [0.15, 0.2) is 10.6 Å². The Bertz CT molecular complexity index is 1340. The molecule has 5 rings (SSSR count). The van der Waals surface area contributed by atoms with Crippen molar-refractivity contribution in [3.8, 4) is 17.1 Å². The average molecular weight is 428 g/mol. The van der Waals surface area contributed by atoms with Gasteiger partial charge < -0.3 is 0 Å². The largest absolute Gasteiger partial charge is 0.268 e. The first-order valence-electron chi connectivity index (χ1n) is 9.98. The van der Waals surface area contributed by atoms with Crippen LogP contribution in [-0.4, -0.2) is 34.3 Å². The van der Waals surface area contributed by atoms with Crippen LogP contribution in [0.25, 0.3) is 17.1 Å². The topological polar surface area (TPSA) is 69.2 Å². The molecule has 0 bridgehead atoms. The Morgan fingerprint density at radius 1 is 0.903 bits per heavy atom. The first kappa shape index (κ1) is 19.2. The molecule has 8 heteroatoms. The van der Waals surface area contributed by atoms with Gasteiger partial charge in [-0.3, -0.25) is 19.0 Å². The third-order valence-corrected chi connectivity index (χ3v) is 5.41. The fraction of sp³-hybridized carbons (Fsp3) is 0.130. The molecule has 1 N–H and O–H groups in total. The first-order valence-corrected chi connectivity index (χ1v) is 10.4. The van der Waals surface area contributed by atoms with E-state index in [1.807, 2.05) is 38.6 Å². The van der Waals surface area contributed by atoms with Crippen molar-refractivity contribution in [2.24, 2.45) is 0 Å². The van der Waals surface area contributed by atoms with Crippen molar-refractivity contribution in [3.05, 3.63) is 101 Å². The maximum Gasteiger partial charge on any atom is 0.200 e. The van der Waals surface area contributed by atoms with E-state index in [4.69, 9.17) is 12.2 Å². The number of benzene rings is 2. The molecule has 3 heterocycles. The Kier molecular flexibility index (Phi) is 5.05. The Hall–Kier alpha value is -3.78. The Morgan fingerprint density at radius 3 is 2.32 bits per heavy atom. The van der Waals surface area contributed by atoms with Gasteiger partial charge in [0, 0.05) is 24.2 Å². The smallest absolute Gasteiger partial charge is 0.200 e. The molecule has 2 aromatic carbocycles. The van der Waals surface area contributed by atoms with Gasteiger partial charge in [-0.05, 0) is 36.3 Å². The number of hydrogen-bond acceptors (Lipinski definition) is 4. The number of hydrogen-bond donors (Lipinski definition) is 1. The summed E-state index contributed by atoms with van der Waals surface area (Å²) in [5.41, 5.74) is 5.46. The SMILES string of the molecule is Cc1ccc(Cn2cc(-n3c(-c4ccc(Cn5cccn5)cc4)n[nH]c3=S)cn2)cc1. The van der Waals surface area contributed by atoms with E-state index < -0.39 is 0 Å². The monoisotopic (exact) mass is 427 g/mol. The lowest BCUT2D eigenvalue weighted by atomic mass is 10.1. The number of aromatic amines is 1. The lowest BCUT2D eigenvalue weighted by Gasteiger charge is -2.06. The maximum absolute atomic E-state index is 5.51. The molecule has 7 nitrogen and oxygen atoms in total. The predicted molar refractivity (Wildman–Crippen MR) is 122 cm³/mol. The van der Waals surface area contributed by atoms with Crippen LogP contribution in [0.5, 0.6) is 0 Å². The molecule has 0 atom stereocenters. The van der Waals surface area contributed by atoms with Gasteiger partial charge in [0.05, 0.1) is 25.0 Å². The normalized spacial score (nSPS) is 11.1. The van der Waals surface area contributed by atoms with E-state index in [2.05, 4.69) is 75.8 Å². The number of nitrogens with zero attached hydrogens (tertiary/aromatic N) is 6. The van der Waals surface area contributed by atoms with Gasteiger partial charge in [-0.25, -0.2) is 0 Å². The molecule has 0 radical (unpaired) electrons. The third kappa shape index (κ3) is 4.10. The Morgan fingerprint density at radius 2 is 1.61 bits per heavy atom. The number of aryl methyl sites for hydroxylation is 1. The summed E-state index contributed by atoms with van der Waals surface area (Å²) in [6.07, 6.45) is 7.54. The second kappa shape index (κ2) is 8.16. The number of rotatable bonds is 6. The minimum Gasteiger partial charge on any atom is -0.268 e. The van der Waals surface area contributed by atoms with Crippen molar-refractivity contribution >= 4 is 12.2 Å². The summed E-state index contributed by atoms with van der Waals surface area (Å²) >= 11 is 5.51. The molecule has 0 amide bonds. The van der Waals surface area contributed by atoms with Crippen LogP contribution in [-0.2, 0) is 13.1 Å². The first-order chi connectivity index (χ1) is 15.2. The standard InChI is InChI=1S/C23H21N7S/c1-17-3-5-18(6-4-17)15-29-16-21(13-25-29)30-22(26-27-23(30)31)20-9-7-19(8-10-20)14-28-12-2-11-24-28/h2-13,16H,14-15H2,1H3,(H,27,31). The predicted octanol–water partition coefficient (Wildman–Crippen LogP) is 4.39. The van der Waals surface area contributed by atoms with E-state index in [1.165, 1.54) is 16.7 Å². The lowest BCUT2D eigenvalue weighted by molar-refractivity contribution is 0.686. The molecule has 0 aliphatic carbocycles. The zero-order valence-electron chi connectivity index (χ0n) is 17.0. The summed E-state index contributed by atoms with van der Waals surface area (Å²) in [7, 11) is 0. The molecule has 154 valence electrons. The fourth-order valence-electron chi connectivity index (χ4n) is 3.51. The number of aromatic nitrogens is 7. The van der Waals surface area contributed by atoms with E-state index in [-0.39, 0.29) is 0 Å². The Balaban J connectivity index is 1.40. The van der Waals surface area contributed by atoms with Crippen LogP contribution in [0.3, 0.4) is 0 Å². The zero-order chi connectivity index (χ0) is 21.2. The van der Waals surface area contributed by atoms with Gasteiger partial charge in [0.25, 0.3) is 0 Å². The second-order valence-corrected chi connectivity index (χ2v) is 7.86. The van der Waals surface area contributed by atoms with Crippen LogP contribution in [0.2, 0.25) is 0 Å². The molecule has 0 spiro atoms. The van der Waals surface area contributed by atoms with Crippen molar-refractivity contribution < 1.29 is 0 Å². The van der Waals surface area contributed by atoms with Crippen LogP contribution < -0.4 is 0 Å². The number of H-pyrrole nitrogens is 1. The zero-order valence-corrected chi connectivity index (χ0v) is 17.8. The maximum atomic E-state index is 5.51. The van der Waals surface area contributed by atoms with E-state index in [0.717, 1.165) is 23.6 Å². The summed E-state index contributed by atoms with van der Waals surface area (Å²) in [4.78, 5) is 0. The quantitative estimate of drug-likeness (QED) is 0.408. The van der Waals surface area contributed by atoms with Crippen LogP contribution in [0.15, 0.2) is 79.4 Å². The van der Waals surface area contributed by atoms with E-state index in [9.17, 15) is 0 Å². The van der Waals surface area contributed by atoms with Crippen LogP contribution in [0, 0.1) is 11.7 Å². The molecule has 5 aromatic rings. The lowest BCUT2D eigenvalue weighted by Crippen LogP contribution is -2.01. The van der Waals surface area contributed by atoms with Gasteiger partial charge in [-0.15, -0.1) is 0 Å². The second-order valence-electron chi connectivity index (χ2n) is 7.47. The molecular weight excluding hydrogens is 406 g/mol. The van der Waals surface area contributed by atoms with Gasteiger partial charge in [0.2, 0.25) is 0 Å². The summed E-state index contributed by atoms with van der Waals surface area (Å²) in [6.45, 7) is 3.51. The van der Waals surface area contributed by atoms with Gasteiger partial charge in [-0.1, -0.05) is 54.1 Å². The van der Waals surface area contributed by atoms with Crippen molar-refractivity contribution in [3.63, 3.8) is 0 Å². The molecule has 0 aliphatic rings. The van der Waals surface area contributed by atoms with E-state index >= 15 is 0 Å². The summed E-state index contributed by atoms with van der Waals surface area (Å²) < 4.78 is 6.25. The summed E-state index contributed by atoms with van der Waals surface area (Å²) in [5.74, 6) is 0.755. The van der Waals surface area contributed by atoms with Crippen molar-refractivity contribution in [2.75, 3.05) is 0 Å². The summed E-state index contributed by atoms with van der Waals surface area (Å²) in [6, 6.07) is 18.7. The van der Waals surface area contributed by atoms with Gasteiger partial charge in [0.1, 0.15) is 0 Å². The third-order valence-electron chi connectivity index (χ3n) is 5.13. The van der Waals surface area contributed by atoms with E-state index in [0.29, 0.717) is 11.3 Å². The highest BCUT2D eigenvalue weighted by Gasteiger charge is 2.13. The molecule has 0 saturated heterocycles. The molecule has 3 aromatic heterocycles. The van der Waals surface area contributed by atoms with E-state index in [1.54, 1.807) is 6.20 Å². The van der Waals surface area contributed by atoms with Crippen molar-refractivity contribution in [1.82, 2.24) is 34.3 Å². The van der Waals surface area contributed by atoms with Crippen LogP contribution in [0.4, 0.5) is 0 Å². The van der Waals surface area contributed by atoms with Crippen LogP contribution >= 0.6 is 12.2 Å². The summed E-state index contributed by atoms with van der Waals surface area (Å²) in [5, 5.41) is 16.2. The number of nitrogens with one attached hydrogen (secondary N) is 1. The molecular formula is C23H21N7S. The highest BCUT2D eigenvalue weighted by atomic mass is 32.1. The van der Waals surface area contributed by atoms with Crippen LogP contribution in [0.1, 0.15) is 16.7 Å². The Labute approximate surface area is 184 Å². The minimum absolute atomic E-state index is 0.533. The molecule has 0 fully saturated rings. The molecule has 0 aliphatic heterocycles. The fourth-order valence-corrected chi connectivity index (χ4v) is 3.74. The average Bonchev–Trinajstić information content (AvgIpc) is 3.52. The molecule has 0 saturated carbocycles. The minimum atomic E-state index is 0.533. The van der Waals surface area contributed by atoms with Gasteiger partial charge in [-0.2, -0.15) is 15.3 Å². The molecule has 31 heavy (non-hydrogen) atoms. The highest BCUT2D eigenvalue weighted by molar-refractivity contribution is 7.71. The van der Waals surface area contributed by atoms with Crippen molar-refractivity contribution in [2.45, 2.75) is 20.0 Å². The van der Waals surface area contributed by atoms with Crippen molar-refractivity contribution in [1.29, 1.82) is 0 Å². The highest BCUT2D eigenvalue weighted by Crippen LogP contribution is 2.22. The molecule has 0 unspecified atom stereocenters.